The predicted octanol–water partition coefficient (Wildman–Crippen LogP) is 5.14. The van der Waals surface area contributed by atoms with Gasteiger partial charge in [0.15, 0.2) is 0 Å². The number of aliphatic carboxylic acids is 1. The first-order valence-electron chi connectivity index (χ1n) is 7.16. The molecule has 0 unspecified atom stereocenters. The Morgan fingerprint density at radius 2 is 1.50 bits per heavy atom. The highest BCUT2D eigenvalue weighted by molar-refractivity contribution is 6.33. The standard InChI is InChI=1S/C17H13Cl2NO2/c18-10-1-3-15-13(7-10)14-8-11(19)2-4-16(14)20(15)12-5-9(6-12)17(21)22/h1-4,7-9,12H,5-6H2,(H,21,22). The lowest BCUT2D eigenvalue weighted by atomic mass is 9.80. The van der Waals surface area contributed by atoms with E-state index in [0.29, 0.717) is 22.9 Å². The van der Waals surface area contributed by atoms with Crippen molar-refractivity contribution >= 4 is 51.0 Å². The fourth-order valence-corrected chi connectivity index (χ4v) is 3.74. The normalized spacial score (nSPS) is 21.2. The molecule has 1 aliphatic rings. The van der Waals surface area contributed by atoms with Crippen LogP contribution in [-0.4, -0.2) is 15.6 Å². The van der Waals surface area contributed by atoms with Crippen LogP contribution in [0.15, 0.2) is 36.4 Å². The maximum Gasteiger partial charge on any atom is 0.306 e. The van der Waals surface area contributed by atoms with E-state index in [4.69, 9.17) is 28.3 Å². The topological polar surface area (TPSA) is 42.2 Å². The molecule has 1 N–H and O–H groups in total. The summed E-state index contributed by atoms with van der Waals surface area (Å²) in [5.41, 5.74) is 2.16. The minimum Gasteiger partial charge on any atom is -0.481 e. The Labute approximate surface area is 137 Å². The molecule has 0 amide bonds. The first-order valence-corrected chi connectivity index (χ1v) is 7.91. The van der Waals surface area contributed by atoms with Crippen molar-refractivity contribution in [1.29, 1.82) is 0 Å². The zero-order valence-electron chi connectivity index (χ0n) is 11.6. The Hall–Kier alpha value is -1.71. The number of carboxylic acid groups (broad SMARTS) is 1. The zero-order valence-corrected chi connectivity index (χ0v) is 13.1. The minimum absolute atomic E-state index is 0.212. The van der Waals surface area contributed by atoms with Gasteiger partial charge in [-0.05, 0) is 49.2 Å². The van der Waals surface area contributed by atoms with Gasteiger partial charge in [-0.1, -0.05) is 23.2 Å². The number of benzene rings is 2. The first-order chi connectivity index (χ1) is 10.5. The maximum absolute atomic E-state index is 11.1. The molecule has 112 valence electrons. The number of carbonyl (C=O) groups is 1. The molecule has 1 heterocycles. The Morgan fingerprint density at radius 3 is 1.95 bits per heavy atom. The highest BCUT2D eigenvalue weighted by Gasteiger charge is 2.36. The summed E-state index contributed by atoms with van der Waals surface area (Å²) in [5.74, 6) is -0.944. The van der Waals surface area contributed by atoms with Crippen molar-refractivity contribution in [3.05, 3.63) is 46.4 Å². The first kappa shape index (κ1) is 13.9. The Kier molecular flexibility index (Phi) is 3.10. The van der Waals surface area contributed by atoms with Gasteiger partial charge in [0.05, 0.1) is 5.92 Å². The molecule has 2 aromatic carbocycles. The van der Waals surface area contributed by atoms with Crippen LogP contribution < -0.4 is 0 Å². The lowest BCUT2D eigenvalue weighted by molar-refractivity contribution is -0.145. The van der Waals surface area contributed by atoms with Crippen LogP contribution in [0, 0.1) is 5.92 Å². The second-order valence-corrected chi connectivity index (χ2v) is 6.73. The second kappa shape index (κ2) is 4.90. The molecule has 0 spiro atoms. The summed E-state index contributed by atoms with van der Waals surface area (Å²) in [6.07, 6.45) is 1.33. The summed E-state index contributed by atoms with van der Waals surface area (Å²) in [5, 5.41) is 12.6. The highest BCUT2D eigenvalue weighted by Crippen LogP contribution is 2.44. The van der Waals surface area contributed by atoms with Gasteiger partial charge < -0.3 is 9.67 Å². The van der Waals surface area contributed by atoms with E-state index < -0.39 is 5.97 Å². The third-order valence-electron chi connectivity index (χ3n) is 4.55. The van der Waals surface area contributed by atoms with E-state index in [1.165, 1.54) is 0 Å². The second-order valence-electron chi connectivity index (χ2n) is 5.85. The fourth-order valence-electron chi connectivity index (χ4n) is 3.39. The molecular weight excluding hydrogens is 321 g/mol. The molecule has 0 saturated heterocycles. The lowest BCUT2D eigenvalue weighted by Crippen LogP contribution is -2.32. The number of carboxylic acids is 1. The van der Waals surface area contributed by atoms with Crippen LogP contribution in [0.2, 0.25) is 10.0 Å². The van der Waals surface area contributed by atoms with E-state index in [0.717, 1.165) is 21.8 Å². The largest absolute Gasteiger partial charge is 0.481 e. The van der Waals surface area contributed by atoms with Crippen molar-refractivity contribution in [3.63, 3.8) is 0 Å². The molecule has 4 rings (SSSR count). The number of halogens is 2. The van der Waals surface area contributed by atoms with Crippen molar-refractivity contribution < 1.29 is 9.90 Å². The van der Waals surface area contributed by atoms with E-state index in [2.05, 4.69) is 4.57 Å². The molecule has 0 atom stereocenters. The number of hydrogen-bond donors (Lipinski definition) is 1. The van der Waals surface area contributed by atoms with E-state index in [1.54, 1.807) is 0 Å². The van der Waals surface area contributed by atoms with Gasteiger partial charge in [0.25, 0.3) is 0 Å². The molecule has 0 radical (unpaired) electrons. The van der Waals surface area contributed by atoms with Crippen LogP contribution in [-0.2, 0) is 4.79 Å². The summed E-state index contributed by atoms with van der Waals surface area (Å²) >= 11 is 12.3. The van der Waals surface area contributed by atoms with Crippen LogP contribution in [0.1, 0.15) is 18.9 Å². The summed E-state index contributed by atoms with van der Waals surface area (Å²) in [6.45, 7) is 0. The molecule has 0 aliphatic heterocycles. The zero-order chi connectivity index (χ0) is 15.4. The quantitative estimate of drug-likeness (QED) is 0.705. The monoisotopic (exact) mass is 333 g/mol. The number of nitrogens with zero attached hydrogens (tertiary/aromatic N) is 1. The smallest absolute Gasteiger partial charge is 0.306 e. The van der Waals surface area contributed by atoms with Gasteiger partial charge in [-0.25, -0.2) is 0 Å². The number of rotatable bonds is 2. The maximum atomic E-state index is 11.1. The van der Waals surface area contributed by atoms with Crippen LogP contribution >= 0.6 is 23.2 Å². The SMILES string of the molecule is O=C(O)C1CC(n2c3ccc(Cl)cc3c3cc(Cl)ccc32)C1. The molecule has 3 nitrogen and oxygen atoms in total. The van der Waals surface area contributed by atoms with Crippen LogP contribution in [0.3, 0.4) is 0 Å². The Balaban J connectivity index is 1.94. The van der Waals surface area contributed by atoms with E-state index in [1.807, 2.05) is 36.4 Å². The van der Waals surface area contributed by atoms with Gasteiger partial charge in [-0.15, -0.1) is 0 Å². The summed E-state index contributed by atoms with van der Waals surface area (Å²) in [6, 6.07) is 11.8. The van der Waals surface area contributed by atoms with Crippen molar-refractivity contribution in [2.45, 2.75) is 18.9 Å². The van der Waals surface area contributed by atoms with Gasteiger partial charge >= 0.3 is 5.97 Å². The summed E-state index contributed by atoms with van der Waals surface area (Å²) in [7, 11) is 0. The van der Waals surface area contributed by atoms with E-state index in [-0.39, 0.29) is 12.0 Å². The molecular formula is C17H13Cl2NO2. The third-order valence-corrected chi connectivity index (χ3v) is 5.02. The van der Waals surface area contributed by atoms with Gasteiger partial charge in [0.2, 0.25) is 0 Å². The van der Waals surface area contributed by atoms with Crippen molar-refractivity contribution in [3.8, 4) is 0 Å². The van der Waals surface area contributed by atoms with Gasteiger partial charge in [0.1, 0.15) is 0 Å². The molecule has 22 heavy (non-hydrogen) atoms. The van der Waals surface area contributed by atoms with Gasteiger partial charge in [-0.2, -0.15) is 0 Å². The van der Waals surface area contributed by atoms with Crippen molar-refractivity contribution in [2.75, 3.05) is 0 Å². The number of fused-ring (bicyclic) bond motifs is 3. The van der Waals surface area contributed by atoms with Crippen molar-refractivity contribution in [1.82, 2.24) is 4.57 Å². The number of hydrogen-bond acceptors (Lipinski definition) is 1. The molecule has 1 saturated carbocycles. The fraction of sp³-hybridized carbons (Fsp3) is 0.235. The predicted molar refractivity (Wildman–Crippen MR) is 88.9 cm³/mol. The molecule has 1 aliphatic carbocycles. The van der Waals surface area contributed by atoms with Crippen LogP contribution in [0.5, 0.6) is 0 Å². The molecule has 5 heteroatoms. The molecule has 1 fully saturated rings. The molecule has 0 bridgehead atoms. The summed E-state index contributed by atoms with van der Waals surface area (Å²) < 4.78 is 2.23. The third kappa shape index (κ3) is 2.00. The minimum atomic E-state index is -0.705. The van der Waals surface area contributed by atoms with Gasteiger partial charge in [0, 0.05) is 37.9 Å². The average Bonchev–Trinajstić information content (AvgIpc) is 2.71. The summed E-state index contributed by atoms with van der Waals surface area (Å²) in [4.78, 5) is 11.1. The average molecular weight is 334 g/mol. The molecule has 3 aromatic rings. The van der Waals surface area contributed by atoms with E-state index >= 15 is 0 Å². The molecule has 1 aromatic heterocycles. The van der Waals surface area contributed by atoms with Crippen LogP contribution in [0.4, 0.5) is 0 Å². The van der Waals surface area contributed by atoms with Crippen LogP contribution in [0.25, 0.3) is 21.8 Å². The highest BCUT2D eigenvalue weighted by atomic mass is 35.5. The van der Waals surface area contributed by atoms with Crippen molar-refractivity contribution in [2.24, 2.45) is 5.92 Å². The Bertz CT molecular complexity index is 851. The lowest BCUT2D eigenvalue weighted by Gasteiger charge is -2.34. The van der Waals surface area contributed by atoms with Gasteiger partial charge in [-0.3, -0.25) is 4.79 Å². The number of aromatic nitrogens is 1. The van der Waals surface area contributed by atoms with E-state index in [9.17, 15) is 4.79 Å². The Morgan fingerprint density at radius 1 is 1.00 bits per heavy atom.